The van der Waals surface area contributed by atoms with E-state index < -0.39 is 42.3 Å². The van der Waals surface area contributed by atoms with Gasteiger partial charge in [0.05, 0.1) is 6.10 Å². The van der Waals surface area contributed by atoms with Crippen LogP contribution in [0.5, 0.6) is 0 Å². The molecular weight excluding hydrogens is 440 g/mol. The highest BCUT2D eigenvalue weighted by atomic mass is 16.7. The summed E-state index contributed by atoms with van der Waals surface area (Å²) in [6.07, 6.45) is 6.33. The van der Waals surface area contributed by atoms with Gasteiger partial charge in [0.15, 0.2) is 12.4 Å². The van der Waals surface area contributed by atoms with Crippen LogP contribution in [0.15, 0.2) is 0 Å². The van der Waals surface area contributed by atoms with Crippen LogP contribution in [0.2, 0.25) is 0 Å². The Morgan fingerprint density at radius 2 is 1.71 bits per heavy atom. The Morgan fingerprint density at radius 1 is 0.971 bits per heavy atom. The first-order valence-electron chi connectivity index (χ1n) is 12.9. The van der Waals surface area contributed by atoms with Crippen molar-refractivity contribution in [1.29, 1.82) is 0 Å². The van der Waals surface area contributed by atoms with Gasteiger partial charge in [-0.3, -0.25) is 0 Å². The average Bonchev–Trinajstić information content (AvgIpc) is 3.10. The molecule has 0 aromatic heterocycles. The summed E-state index contributed by atoms with van der Waals surface area (Å²) in [6, 6.07) is 0. The van der Waals surface area contributed by atoms with Crippen LogP contribution in [0.4, 0.5) is 0 Å². The van der Waals surface area contributed by atoms with E-state index in [1.54, 1.807) is 0 Å². The molecule has 5 fully saturated rings. The zero-order chi connectivity index (χ0) is 24.4. The van der Waals surface area contributed by atoms with Crippen LogP contribution in [-0.4, -0.2) is 73.9 Å². The number of rotatable bonds is 3. The number of aliphatic carboxylic acids is 1. The number of aliphatic hydroxyl groups excluding tert-OH is 3. The predicted octanol–water partition coefficient (Wildman–Crippen LogP) is 1.28. The van der Waals surface area contributed by atoms with Crippen molar-refractivity contribution in [3.8, 4) is 12.3 Å². The van der Waals surface area contributed by atoms with Crippen molar-refractivity contribution in [2.75, 3.05) is 0 Å². The van der Waals surface area contributed by atoms with Gasteiger partial charge in [0.25, 0.3) is 0 Å². The summed E-state index contributed by atoms with van der Waals surface area (Å²) in [5, 5.41) is 50.7. The maximum absolute atomic E-state index is 11.4. The Kier molecular flexibility index (Phi) is 6.28. The van der Waals surface area contributed by atoms with Gasteiger partial charge in [-0.1, -0.05) is 12.8 Å². The first-order chi connectivity index (χ1) is 16.1. The molecule has 1 saturated heterocycles. The number of fused-ring (bicyclic) bond motifs is 5. The summed E-state index contributed by atoms with van der Waals surface area (Å²) in [7, 11) is 0. The van der Waals surface area contributed by atoms with Gasteiger partial charge in [-0.25, -0.2) is 4.79 Å². The Labute approximate surface area is 200 Å². The van der Waals surface area contributed by atoms with Gasteiger partial charge in [-0.15, -0.1) is 6.42 Å². The van der Waals surface area contributed by atoms with Gasteiger partial charge in [0.1, 0.15) is 23.9 Å². The lowest BCUT2D eigenvalue weighted by Crippen LogP contribution is -2.61. The van der Waals surface area contributed by atoms with E-state index >= 15 is 0 Å². The summed E-state index contributed by atoms with van der Waals surface area (Å²) < 4.78 is 11.3. The molecule has 1 heterocycles. The average molecular weight is 479 g/mol. The molecule has 34 heavy (non-hydrogen) atoms. The highest BCUT2D eigenvalue weighted by Crippen LogP contribution is 2.65. The number of carboxylic acids is 1. The number of carbonyl (C=O) groups is 1. The fourth-order valence-corrected chi connectivity index (χ4v) is 8.54. The molecule has 5 rings (SSSR count). The maximum Gasteiger partial charge on any atom is 0.335 e. The third-order valence-corrected chi connectivity index (χ3v) is 10.4. The Morgan fingerprint density at radius 3 is 2.41 bits per heavy atom. The highest BCUT2D eigenvalue weighted by molar-refractivity contribution is 5.73. The van der Waals surface area contributed by atoms with Gasteiger partial charge in [-0.2, -0.15) is 0 Å². The number of hydrogen-bond acceptors (Lipinski definition) is 7. The second-order valence-electron chi connectivity index (χ2n) is 11.7. The van der Waals surface area contributed by atoms with Crippen LogP contribution < -0.4 is 0 Å². The van der Waals surface area contributed by atoms with Crippen molar-refractivity contribution < 1.29 is 39.8 Å². The van der Waals surface area contributed by atoms with E-state index in [1.807, 2.05) is 0 Å². The lowest BCUT2D eigenvalue weighted by Gasteiger charge is -2.57. The lowest BCUT2D eigenvalue weighted by atomic mass is 9.49. The van der Waals surface area contributed by atoms with Crippen LogP contribution in [-0.2, 0) is 14.3 Å². The Hall–Kier alpha value is -1.21. The Bertz CT molecular complexity index is 841. The Balaban J connectivity index is 1.23. The van der Waals surface area contributed by atoms with Crippen molar-refractivity contribution in [2.45, 2.75) is 107 Å². The minimum Gasteiger partial charge on any atom is -0.479 e. The molecule has 4 aliphatic carbocycles. The van der Waals surface area contributed by atoms with Gasteiger partial charge in [0.2, 0.25) is 0 Å². The second kappa shape index (κ2) is 8.72. The van der Waals surface area contributed by atoms with E-state index in [0.717, 1.165) is 51.4 Å². The first-order valence-corrected chi connectivity index (χ1v) is 12.9. The number of hydrogen-bond donors (Lipinski definition) is 5. The monoisotopic (exact) mass is 478 g/mol. The normalized spacial score (nSPS) is 54.9. The van der Waals surface area contributed by atoms with Crippen molar-refractivity contribution >= 4 is 5.97 Å². The summed E-state index contributed by atoms with van der Waals surface area (Å²) in [5.74, 6) is 4.11. The fraction of sp³-hybridized carbons (Fsp3) is 0.885. The van der Waals surface area contributed by atoms with Crippen molar-refractivity contribution in [3.05, 3.63) is 0 Å². The smallest absolute Gasteiger partial charge is 0.335 e. The standard InChI is InChI=1S/C26H38O8/c1-3-26(32)11-9-18-17-6-4-13-12-14(5-7-15(13)16(17)8-10-25(18,26)2)33-24-21(29)19(27)20(28)22(34-24)23(30)31/h1,13-22,24,27-29,32H,4-12H2,2H3,(H,30,31)/t13-,14+,15+,16-,17-,18+,19+,20+,21-,22+,24-,25+,26+/m1/s1. The highest BCUT2D eigenvalue weighted by Gasteiger charge is 2.62. The van der Waals surface area contributed by atoms with Crippen LogP contribution in [0.1, 0.15) is 64.7 Å². The molecule has 0 radical (unpaired) electrons. The summed E-state index contributed by atoms with van der Waals surface area (Å²) >= 11 is 0. The maximum atomic E-state index is 11.4. The zero-order valence-electron chi connectivity index (χ0n) is 19.8. The van der Waals surface area contributed by atoms with E-state index in [2.05, 4.69) is 12.8 Å². The van der Waals surface area contributed by atoms with Crippen LogP contribution >= 0.6 is 0 Å². The van der Waals surface area contributed by atoms with Gasteiger partial charge in [0, 0.05) is 5.41 Å². The van der Waals surface area contributed by atoms with Crippen molar-refractivity contribution in [2.24, 2.45) is 35.0 Å². The molecule has 0 aromatic rings. The zero-order valence-corrected chi connectivity index (χ0v) is 19.8. The molecule has 8 heteroatoms. The molecule has 0 amide bonds. The third kappa shape index (κ3) is 3.63. The van der Waals surface area contributed by atoms with Crippen LogP contribution in [0, 0.1) is 47.3 Å². The first kappa shape index (κ1) is 24.5. The molecule has 13 atom stereocenters. The minimum absolute atomic E-state index is 0.193. The molecule has 0 unspecified atom stereocenters. The molecular formula is C26H38O8. The summed E-state index contributed by atoms with van der Waals surface area (Å²) in [5.41, 5.74) is -1.19. The van der Waals surface area contributed by atoms with Gasteiger partial charge in [-0.05, 0) is 87.4 Å². The van der Waals surface area contributed by atoms with E-state index in [-0.39, 0.29) is 11.5 Å². The van der Waals surface area contributed by atoms with Gasteiger partial charge < -0.3 is 35.0 Å². The third-order valence-electron chi connectivity index (χ3n) is 10.4. The molecule has 0 spiro atoms. The van der Waals surface area contributed by atoms with E-state index in [1.165, 1.54) is 0 Å². The van der Waals surface area contributed by atoms with Gasteiger partial charge >= 0.3 is 5.97 Å². The van der Waals surface area contributed by atoms with Crippen LogP contribution in [0.25, 0.3) is 0 Å². The topological polar surface area (TPSA) is 137 Å². The molecule has 4 saturated carbocycles. The second-order valence-corrected chi connectivity index (χ2v) is 11.7. The number of ether oxygens (including phenoxy) is 2. The molecule has 0 bridgehead atoms. The van der Waals surface area contributed by atoms with Crippen molar-refractivity contribution in [3.63, 3.8) is 0 Å². The number of terminal acetylenes is 1. The summed E-state index contributed by atoms with van der Waals surface area (Å²) in [6.45, 7) is 2.20. The molecule has 8 nitrogen and oxygen atoms in total. The molecule has 190 valence electrons. The summed E-state index contributed by atoms with van der Waals surface area (Å²) in [4.78, 5) is 11.4. The molecule has 1 aliphatic heterocycles. The predicted molar refractivity (Wildman–Crippen MR) is 120 cm³/mol. The van der Waals surface area contributed by atoms with E-state index in [0.29, 0.717) is 36.0 Å². The van der Waals surface area contributed by atoms with Crippen molar-refractivity contribution in [1.82, 2.24) is 0 Å². The molecule has 0 aromatic carbocycles. The lowest BCUT2D eigenvalue weighted by molar-refractivity contribution is -0.308. The quantitative estimate of drug-likeness (QED) is 0.302. The SMILES string of the molecule is C#C[C@]1(O)CC[C@H]2[C@@H]3CC[C@@H]4C[C@@H](O[C@@H]5O[C@H](C(=O)O)[C@@H](O)[C@H](O)[C@H]5O)CC[C@@H]4[C@H]3CC[C@@]21C. The van der Waals surface area contributed by atoms with E-state index in [9.17, 15) is 30.3 Å². The molecule has 5 N–H and O–H groups in total. The number of carboxylic acid groups (broad SMARTS) is 1. The fourth-order valence-electron chi connectivity index (χ4n) is 8.54. The van der Waals surface area contributed by atoms with E-state index in [4.69, 9.17) is 15.9 Å². The molecule has 5 aliphatic rings. The largest absolute Gasteiger partial charge is 0.479 e. The minimum atomic E-state index is -1.71. The van der Waals surface area contributed by atoms with Crippen LogP contribution in [0.3, 0.4) is 0 Å². The number of aliphatic hydroxyl groups is 4.